The molecular weight excluding hydrogens is 325 g/mol. The molecule has 2 aromatic carbocycles. The first-order chi connectivity index (χ1) is 12.0. The zero-order valence-electron chi connectivity index (χ0n) is 13.6. The van der Waals surface area contributed by atoms with Crippen molar-refractivity contribution in [1.82, 2.24) is 5.32 Å². The van der Waals surface area contributed by atoms with Crippen LogP contribution in [0.2, 0.25) is 0 Å². The average Bonchev–Trinajstić information content (AvgIpc) is 2.58. The Balaban J connectivity index is 1.70. The number of hydrogen-bond acceptors (Lipinski definition) is 3. The Hall–Kier alpha value is -3.09. The van der Waals surface area contributed by atoms with Crippen LogP contribution in [0.3, 0.4) is 0 Å². The molecule has 0 aromatic heterocycles. The van der Waals surface area contributed by atoms with Gasteiger partial charge >= 0.3 is 6.03 Å². The summed E-state index contributed by atoms with van der Waals surface area (Å²) in [6.07, 6.45) is 0.761. The first kappa shape index (κ1) is 18.3. The van der Waals surface area contributed by atoms with E-state index in [-0.39, 0.29) is 24.9 Å². The van der Waals surface area contributed by atoms with Gasteiger partial charge in [0.15, 0.2) is 0 Å². The van der Waals surface area contributed by atoms with Gasteiger partial charge < -0.3 is 21.1 Å². The predicted octanol–water partition coefficient (Wildman–Crippen LogP) is 2.44. The minimum atomic E-state index is -0.421. The molecule has 2 rings (SSSR count). The van der Waals surface area contributed by atoms with E-state index in [1.807, 2.05) is 0 Å². The number of primary amides is 1. The summed E-state index contributed by atoms with van der Waals surface area (Å²) in [7, 11) is 0. The maximum Gasteiger partial charge on any atom is 0.319 e. The number of carbonyl (C=O) groups excluding carboxylic acids is 2. The van der Waals surface area contributed by atoms with Crippen LogP contribution in [0, 0.1) is 5.82 Å². The monoisotopic (exact) mass is 345 g/mol. The molecule has 7 heteroatoms. The second-order valence-corrected chi connectivity index (χ2v) is 5.35. The SMILES string of the molecule is NC(=O)CCOc1ccc(NC(=O)NCCc2ccc(F)cc2)cc1. The second-order valence-electron chi connectivity index (χ2n) is 5.35. The maximum atomic E-state index is 12.8. The van der Waals surface area contributed by atoms with Gasteiger partial charge in [0.1, 0.15) is 11.6 Å². The van der Waals surface area contributed by atoms with E-state index in [1.54, 1.807) is 36.4 Å². The first-order valence-corrected chi connectivity index (χ1v) is 7.83. The molecule has 0 heterocycles. The van der Waals surface area contributed by atoms with Gasteiger partial charge in [0.05, 0.1) is 13.0 Å². The van der Waals surface area contributed by atoms with E-state index in [1.165, 1.54) is 12.1 Å². The summed E-state index contributed by atoms with van der Waals surface area (Å²) in [6, 6.07) is 12.6. The Morgan fingerprint density at radius 3 is 2.36 bits per heavy atom. The molecule has 0 aliphatic heterocycles. The third-order valence-electron chi connectivity index (χ3n) is 3.34. The average molecular weight is 345 g/mol. The topological polar surface area (TPSA) is 93.5 Å². The van der Waals surface area contributed by atoms with Crippen LogP contribution in [0.4, 0.5) is 14.9 Å². The smallest absolute Gasteiger partial charge is 0.319 e. The number of anilines is 1. The van der Waals surface area contributed by atoms with Gasteiger partial charge in [0, 0.05) is 12.2 Å². The molecule has 6 nitrogen and oxygen atoms in total. The number of halogens is 1. The minimum Gasteiger partial charge on any atom is -0.493 e. The molecule has 0 radical (unpaired) electrons. The Morgan fingerprint density at radius 1 is 1.04 bits per heavy atom. The molecule has 25 heavy (non-hydrogen) atoms. The van der Waals surface area contributed by atoms with Crippen LogP contribution in [0.15, 0.2) is 48.5 Å². The number of ether oxygens (including phenoxy) is 1. The lowest BCUT2D eigenvalue weighted by molar-refractivity contribution is -0.118. The van der Waals surface area contributed by atoms with Crippen LogP contribution in [-0.4, -0.2) is 25.1 Å². The predicted molar refractivity (Wildman–Crippen MR) is 92.9 cm³/mol. The van der Waals surface area contributed by atoms with E-state index in [4.69, 9.17) is 10.5 Å². The van der Waals surface area contributed by atoms with Crippen molar-refractivity contribution in [2.24, 2.45) is 5.73 Å². The molecule has 132 valence electrons. The minimum absolute atomic E-state index is 0.149. The second kappa shape index (κ2) is 9.27. The number of nitrogens with two attached hydrogens (primary N) is 1. The summed E-state index contributed by atoms with van der Waals surface area (Å²) in [4.78, 5) is 22.5. The molecule has 0 atom stereocenters. The first-order valence-electron chi connectivity index (χ1n) is 7.83. The zero-order valence-corrected chi connectivity index (χ0v) is 13.6. The lowest BCUT2D eigenvalue weighted by Crippen LogP contribution is -2.30. The van der Waals surface area contributed by atoms with Crippen molar-refractivity contribution in [2.75, 3.05) is 18.5 Å². The highest BCUT2D eigenvalue weighted by Crippen LogP contribution is 2.15. The van der Waals surface area contributed by atoms with Gasteiger partial charge in [-0.1, -0.05) is 12.1 Å². The van der Waals surface area contributed by atoms with Crippen LogP contribution >= 0.6 is 0 Å². The van der Waals surface area contributed by atoms with Crippen LogP contribution in [0.25, 0.3) is 0 Å². The third-order valence-corrected chi connectivity index (χ3v) is 3.34. The molecule has 0 aliphatic carbocycles. The third kappa shape index (κ3) is 6.90. The number of nitrogens with one attached hydrogen (secondary N) is 2. The van der Waals surface area contributed by atoms with Crippen LogP contribution in [0.5, 0.6) is 5.75 Å². The molecule has 0 aliphatic rings. The number of carbonyl (C=O) groups is 2. The van der Waals surface area contributed by atoms with Crippen molar-refractivity contribution in [1.29, 1.82) is 0 Å². The molecule has 4 N–H and O–H groups in total. The summed E-state index contributed by atoms with van der Waals surface area (Å²) in [5.41, 5.74) is 6.59. The van der Waals surface area contributed by atoms with E-state index in [9.17, 15) is 14.0 Å². The molecular formula is C18H20FN3O3. The molecule has 0 bridgehead atoms. The van der Waals surface area contributed by atoms with Crippen molar-refractivity contribution in [3.05, 3.63) is 59.9 Å². The lowest BCUT2D eigenvalue weighted by atomic mass is 10.1. The Bertz CT molecular complexity index is 703. The largest absolute Gasteiger partial charge is 0.493 e. The van der Waals surface area contributed by atoms with Gasteiger partial charge in [0.25, 0.3) is 0 Å². The Kier molecular flexibility index (Phi) is 6.76. The molecule has 0 spiro atoms. The summed E-state index contributed by atoms with van der Waals surface area (Å²) in [5.74, 6) is -0.115. The number of hydrogen-bond donors (Lipinski definition) is 3. The van der Waals surface area contributed by atoms with Crippen molar-refractivity contribution in [3.63, 3.8) is 0 Å². The standard InChI is InChI=1S/C18H20FN3O3/c19-14-3-1-13(2-4-14)9-11-21-18(24)22-15-5-7-16(8-6-15)25-12-10-17(20)23/h1-8H,9-12H2,(H2,20,23)(H2,21,22,24). The number of amides is 3. The highest BCUT2D eigenvalue weighted by Gasteiger charge is 2.03. The molecule has 2 aromatic rings. The fourth-order valence-corrected chi connectivity index (χ4v) is 2.05. The molecule has 0 saturated carbocycles. The summed E-state index contributed by atoms with van der Waals surface area (Å²) < 4.78 is 18.1. The van der Waals surface area contributed by atoms with Crippen molar-refractivity contribution >= 4 is 17.6 Å². The highest BCUT2D eigenvalue weighted by atomic mass is 19.1. The normalized spacial score (nSPS) is 10.1. The van der Waals surface area contributed by atoms with E-state index in [0.717, 1.165) is 5.56 Å². The van der Waals surface area contributed by atoms with Crippen LogP contribution < -0.4 is 21.1 Å². The van der Waals surface area contributed by atoms with E-state index >= 15 is 0 Å². The van der Waals surface area contributed by atoms with Crippen molar-refractivity contribution < 1.29 is 18.7 Å². The van der Waals surface area contributed by atoms with Gasteiger partial charge in [-0.25, -0.2) is 9.18 Å². The van der Waals surface area contributed by atoms with Gasteiger partial charge in [-0.3, -0.25) is 4.79 Å². The summed E-state index contributed by atoms with van der Waals surface area (Å²) in [5, 5.41) is 5.43. The fourth-order valence-electron chi connectivity index (χ4n) is 2.05. The number of rotatable bonds is 8. The van der Waals surface area contributed by atoms with E-state index < -0.39 is 5.91 Å². The van der Waals surface area contributed by atoms with E-state index in [2.05, 4.69) is 10.6 Å². The number of benzene rings is 2. The molecule has 0 saturated heterocycles. The molecule has 3 amide bonds. The van der Waals surface area contributed by atoms with Crippen LogP contribution in [-0.2, 0) is 11.2 Å². The Morgan fingerprint density at radius 2 is 1.72 bits per heavy atom. The maximum absolute atomic E-state index is 12.8. The van der Waals surface area contributed by atoms with Gasteiger partial charge in [-0.05, 0) is 48.4 Å². The number of urea groups is 1. The summed E-state index contributed by atoms with van der Waals surface area (Å²) >= 11 is 0. The van der Waals surface area contributed by atoms with Gasteiger partial charge in [-0.15, -0.1) is 0 Å². The van der Waals surface area contributed by atoms with Crippen molar-refractivity contribution in [2.45, 2.75) is 12.8 Å². The summed E-state index contributed by atoms with van der Waals surface area (Å²) in [6.45, 7) is 0.651. The molecule has 0 unspecified atom stereocenters. The fraction of sp³-hybridized carbons (Fsp3) is 0.222. The Labute approximate surface area is 145 Å². The molecule has 0 fully saturated rings. The zero-order chi connectivity index (χ0) is 18.1. The van der Waals surface area contributed by atoms with Gasteiger partial charge in [-0.2, -0.15) is 0 Å². The van der Waals surface area contributed by atoms with Gasteiger partial charge in [0.2, 0.25) is 5.91 Å². The quantitative estimate of drug-likeness (QED) is 0.686. The van der Waals surface area contributed by atoms with E-state index in [0.29, 0.717) is 24.4 Å². The van der Waals surface area contributed by atoms with Crippen molar-refractivity contribution in [3.8, 4) is 5.75 Å². The van der Waals surface area contributed by atoms with Crippen LogP contribution in [0.1, 0.15) is 12.0 Å². The lowest BCUT2D eigenvalue weighted by Gasteiger charge is -2.09. The highest BCUT2D eigenvalue weighted by molar-refractivity contribution is 5.89.